The van der Waals surface area contributed by atoms with Crippen LogP contribution < -0.4 is 0 Å². The minimum absolute atomic E-state index is 0.0520. The van der Waals surface area contributed by atoms with Crippen LogP contribution in [0.25, 0.3) is 0 Å². The molecule has 0 unspecified atom stereocenters. The molecule has 0 aliphatic carbocycles. The molecule has 0 saturated carbocycles. The van der Waals surface area contributed by atoms with Crippen molar-refractivity contribution in [1.82, 2.24) is 4.90 Å². The minimum atomic E-state index is -0.923. The zero-order chi connectivity index (χ0) is 14.7. The molecule has 1 N–H and O–H groups in total. The first-order valence-electron chi connectivity index (χ1n) is 6.73. The molecule has 20 heavy (non-hydrogen) atoms. The van der Waals surface area contributed by atoms with Gasteiger partial charge in [-0.3, -0.25) is 4.79 Å². The van der Waals surface area contributed by atoms with Gasteiger partial charge in [0.25, 0.3) is 5.91 Å². The Hall–Kier alpha value is -1.49. The monoisotopic (exact) mass is 293 g/mol. The molecule has 0 aromatic heterocycles. The summed E-state index contributed by atoms with van der Waals surface area (Å²) in [6.45, 7) is 4.17. The highest BCUT2D eigenvalue weighted by atomic mass is 32.2. The van der Waals surface area contributed by atoms with Gasteiger partial charge >= 0.3 is 5.97 Å². The largest absolute Gasteiger partial charge is 0.480 e. The average Bonchev–Trinajstić information content (AvgIpc) is 2.82. The van der Waals surface area contributed by atoms with Gasteiger partial charge in [-0.05, 0) is 24.5 Å². The van der Waals surface area contributed by atoms with Crippen LogP contribution in [-0.4, -0.2) is 39.1 Å². The van der Waals surface area contributed by atoms with Crippen LogP contribution in [0, 0.1) is 5.92 Å². The zero-order valence-corrected chi connectivity index (χ0v) is 12.5. The number of aliphatic carboxylic acids is 1. The lowest BCUT2D eigenvalue weighted by atomic mass is 10.1. The Balaban J connectivity index is 2.26. The Morgan fingerprint density at radius 2 is 2.00 bits per heavy atom. The van der Waals surface area contributed by atoms with Crippen molar-refractivity contribution >= 4 is 23.6 Å². The maximum absolute atomic E-state index is 12.6. The lowest BCUT2D eigenvalue weighted by molar-refractivity contribution is -0.141. The molecule has 1 aliphatic heterocycles. The fourth-order valence-corrected chi connectivity index (χ4v) is 3.97. The molecule has 1 aliphatic rings. The number of hydrogen-bond acceptors (Lipinski definition) is 3. The van der Waals surface area contributed by atoms with Crippen molar-refractivity contribution in [3.05, 3.63) is 35.9 Å². The van der Waals surface area contributed by atoms with E-state index in [1.807, 2.05) is 6.07 Å². The molecule has 1 amide bonds. The van der Waals surface area contributed by atoms with E-state index in [9.17, 15) is 14.7 Å². The lowest BCUT2D eigenvalue weighted by Gasteiger charge is -2.28. The van der Waals surface area contributed by atoms with E-state index < -0.39 is 12.0 Å². The molecule has 0 bridgehead atoms. The molecule has 2 atom stereocenters. The van der Waals surface area contributed by atoms with Crippen LogP contribution in [0.3, 0.4) is 0 Å². The van der Waals surface area contributed by atoms with Crippen LogP contribution in [0.1, 0.15) is 30.6 Å². The number of rotatable bonds is 4. The van der Waals surface area contributed by atoms with Gasteiger partial charge in [-0.1, -0.05) is 32.0 Å². The fraction of sp³-hybridized carbons (Fsp3) is 0.467. The van der Waals surface area contributed by atoms with Crippen LogP contribution in [0.2, 0.25) is 0 Å². The van der Waals surface area contributed by atoms with E-state index in [0.29, 0.717) is 17.2 Å². The Kier molecular flexibility index (Phi) is 4.70. The third-order valence-corrected chi connectivity index (χ3v) is 4.62. The summed E-state index contributed by atoms with van der Waals surface area (Å²) >= 11 is 1.56. The Labute approximate surface area is 123 Å². The number of carboxylic acid groups (broad SMARTS) is 1. The van der Waals surface area contributed by atoms with Gasteiger partial charge in [-0.15, -0.1) is 11.8 Å². The van der Waals surface area contributed by atoms with Crippen LogP contribution >= 0.6 is 11.8 Å². The van der Waals surface area contributed by atoms with Gasteiger partial charge in [0.05, 0.1) is 5.37 Å². The number of carbonyl (C=O) groups is 2. The summed E-state index contributed by atoms with van der Waals surface area (Å²) in [7, 11) is 0. The van der Waals surface area contributed by atoms with Gasteiger partial charge in [-0.25, -0.2) is 4.79 Å². The second-order valence-electron chi connectivity index (χ2n) is 5.35. The van der Waals surface area contributed by atoms with Crippen molar-refractivity contribution in [3.8, 4) is 0 Å². The number of carbonyl (C=O) groups excluding carboxylic acids is 1. The van der Waals surface area contributed by atoms with Gasteiger partial charge in [0.15, 0.2) is 0 Å². The zero-order valence-electron chi connectivity index (χ0n) is 11.7. The molecule has 0 radical (unpaired) electrons. The molecule has 4 nitrogen and oxygen atoms in total. The van der Waals surface area contributed by atoms with Crippen LogP contribution in [0.5, 0.6) is 0 Å². The predicted molar refractivity (Wildman–Crippen MR) is 79.7 cm³/mol. The van der Waals surface area contributed by atoms with Crippen molar-refractivity contribution < 1.29 is 14.7 Å². The van der Waals surface area contributed by atoms with Gasteiger partial charge in [0.2, 0.25) is 0 Å². The van der Waals surface area contributed by atoms with Crippen molar-refractivity contribution in [2.75, 3.05) is 5.75 Å². The maximum Gasteiger partial charge on any atom is 0.327 e. The Morgan fingerprint density at radius 1 is 1.35 bits per heavy atom. The third kappa shape index (κ3) is 3.15. The molecule has 5 heteroatoms. The third-order valence-electron chi connectivity index (χ3n) is 3.31. The van der Waals surface area contributed by atoms with E-state index in [2.05, 4.69) is 13.8 Å². The normalized spacial score (nSPS) is 22.2. The summed E-state index contributed by atoms with van der Waals surface area (Å²) < 4.78 is 0. The molecule has 1 heterocycles. The van der Waals surface area contributed by atoms with E-state index in [1.54, 1.807) is 40.9 Å². The predicted octanol–water partition coefficient (Wildman–Crippen LogP) is 2.70. The molecule has 1 aromatic carbocycles. The molecule has 108 valence electrons. The molecule has 1 saturated heterocycles. The Bertz CT molecular complexity index is 489. The quantitative estimate of drug-likeness (QED) is 0.927. The van der Waals surface area contributed by atoms with Gasteiger partial charge in [0, 0.05) is 11.3 Å². The van der Waals surface area contributed by atoms with Crippen LogP contribution in [-0.2, 0) is 4.79 Å². The fourth-order valence-electron chi connectivity index (χ4n) is 2.34. The van der Waals surface area contributed by atoms with Crippen LogP contribution in [0.4, 0.5) is 0 Å². The van der Waals surface area contributed by atoms with Crippen molar-refractivity contribution in [1.29, 1.82) is 0 Å². The summed E-state index contributed by atoms with van der Waals surface area (Å²) in [4.78, 5) is 25.5. The number of amides is 1. The number of nitrogens with zero attached hydrogens (tertiary/aromatic N) is 1. The Morgan fingerprint density at radius 3 is 2.55 bits per heavy atom. The number of benzene rings is 1. The summed E-state index contributed by atoms with van der Waals surface area (Å²) in [6.07, 6.45) is 0.813. The van der Waals surface area contributed by atoms with E-state index in [0.717, 1.165) is 6.42 Å². The highest BCUT2D eigenvalue weighted by molar-refractivity contribution is 8.00. The van der Waals surface area contributed by atoms with E-state index in [-0.39, 0.29) is 11.3 Å². The molecule has 1 aromatic rings. The first kappa shape index (κ1) is 14.9. The maximum atomic E-state index is 12.6. The standard InChI is InChI=1S/C15H19NO3S/c1-10(2)8-13-16(12(9-20-13)15(18)19)14(17)11-6-4-3-5-7-11/h3-7,10,12-13H,8-9H2,1-2H3,(H,18,19)/t12-,13+/m0/s1. The highest BCUT2D eigenvalue weighted by Gasteiger charge is 2.41. The summed E-state index contributed by atoms with van der Waals surface area (Å²) in [5, 5.41) is 9.27. The average molecular weight is 293 g/mol. The van der Waals surface area contributed by atoms with Gasteiger partial charge in [0.1, 0.15) is 6.04 Å². The van der Waals surface area contributed by atoms with E-state index in [4.69, 9.17) is 0 Å². The number of thioether (sulfide) groups is 1. The molecular weight excluding hydrogens is 274 g/mol. The SMILES string of the molecule is CC(C)C[C@H]1SC[C@@H](C(=O)O)N1C(=O)c1ccccc1. The highest BCUT2D eigenvalue weighted by Crippen LogP contribution is 2.34. The first-order valence-corrected chi connectivity index (χ1v) is 7.77. The molecule has 1 fully saturated rings. The van der Waals surface area contributed by atoms with Crippen molar-refractivity contribution in [3.63, 3.8) is 0 Å². The summed E-state index contributed by atoms with van der Waals surface area (Å²) in [6, 6.07) is 8.17. The smallest absolute Gasteiger partial charge is 0.327 e. The number of hydrogen-bond donors (Lipinski definition) is 1. The van der Waals surface area contributed by atoms with E-state index in [1.165, 1.54) is 0 Å². The molecular formula is C15H19NO3S. The number of carboxylic acids is 1. The topological polar surface area (TPSA) is 57.6 Å². The summed E-state index contributed by atoms with van der Waals surface area (Å²) in [5.41, 5.74) is 0.551. The molecule has 2 rings (SSSR count). The lowest BCUT2D eigenvalue weighted by Crippen LogP contribution is -2.45. The van der Waals surface area contributed by atoms with Crippen molar-refractivity contribution in [2.24, 2.45) is 5.92 Å². The second-order valence-corrected chi connectivity index (χ2v) is 6.56. The van der Waals surface area contributed by atoms with E-state index >= 15 is 0 Å². The molecule has 0 spiro atoms. The van der Waals surface area contributed by atoms with Gasteiger partial charge < -0.3 is 10.0 Å². The second kappa shape index (κ2) is 6.31. The minimum Gasteiger partial charge on any atom is -0.480 e. The van der Waals surface area contributed by atoms with Crippen LogP contribution in [0.15, 0.2) is 30.3 Å². The summed E-state index contributed by atoms with van der Waals surface area (Å²) in [5.74, 6) is -0.224. The van der Waals surface area contributed by atoms with Gasteiger partial charge in [-0.2, -0.15) is 0 Å². The first-order chi connectivity index (χ1) is 9.50. The van der Waals surface area contributed by atoms with Crippen molar-refractivity contribution in [2.45, 2.75) is 31.7 Å².